The summed E-state index contributed by atoms with van der Waals surface area (Å²) in [4.78, 5) is 27.6. The highest BCUT2D eigenvalue weighted by Crippen LogP contribution is 2.19. The van der Waals surface area contributed by atoms with Gasteiger partial charge in [-0.1, -0.05) is 61.7 Å². The molecule has 5 nitrogen and oxygen atoms in total. The molecule has 1 aliphatic rings. The number of nitrogens with zero attached hydrogens (tertiary/aromatic N) is 1. The largest absolute Gasteiger partial charge is 0.484 e. The average Bonchev–Trinajstić information content (AvgIpc) is 3.30. The standard InChI is InChI=1S/C26H34N2O3/c1-4-21-13-15-24(16-14-21)31-18-25(29)28(17-22-11-9-19(2)10-12-22)20(3)26(30)27-23-7-5-6-8-23/h9-16,20,23H,4-8,17-18H2,1-3H3,(H,27,30). The highest BCUT2D eigenvalue weighted by atomic mass is 16.5. The van der Waals surface area contributed by atoms with Crippen LogP contribution in [0, 0.1) is 6.92 Å². The fourth-order valence-corrected chi connectivity index (χ4v) is 3.91. The van der Waals surface area contributed by atoms with Crippen molar-refractivity contribution >= 4 is 11.8 Å². The summed E-state index contributed by atoms with van der Waals surface area (Å²) in [5.41, 5.74) is 3.37. The van der Waals surface area contributed by atoms with Crippen molar-refractivity contribution in [2.75, 3.05) is 6.61 Å². The number of aryl methyl sites for hydroxylation is 2. The van der Waals surface area contributed by atoms with Crippen molar-refractivity contribution in [3.05, 3.63) is 65.2 Å². The molecule has 166 valence electrons. The molecule has 2 aromatic carbocycles. The number of ether oxygens (including phenoxy) is 1. The number of hydrogen-bond acceptors (Lipinski definition) is 3. The van der Waals surface area contributed by atoms with Crippen LogP contribution in [0.25, 0.3) is 0 Å². The van der Waals surface area contributed by atoms with Gasteiger partial charge in [0.05, 0.1) is 0 Å². The number of rotatable bonds is 9. The fraction of sp³-hybridized carbons (Fsp3) is 0.462. The Morgan fingerprint density at radius 1 is 1.03 bits per heavy atom. The topological polar surface area (TPSA) is 58.6 Å². The van der Waals surface area contributed by atoms with Gasteiger partial charge < -0.3 is 15.0 Å². The third kappa shape index (κ3) is 6.58. The number of carbonyl (C=O) groups is 2. The first-order chi connectivity index (χ1) is 15.0. The van der Waals surface area contributed by atoms with E-state index in [4.69, 9.17) is 4.74 Å². The molecule has 0 aromatic heterocycles. The molecule has 1 saturated carbocycles. The van der Waals surface area contributed by atoms with Gasteiger partial charge >= 0.3 is 0 Å². The second-order valence-electron chi connectivity index (χ2n) is 8.46. The van der Waals surface area contributed by atoms with Crippen molar-refractivity contribution in [2.24, 2.45) is 0 Å². The molecule has 0 bridgehead atoms. The first-order valence-corrected chi connectivity index (χ1v) is 11.3. The van der Waals surface area contributed by atoms with Crippen LogP contribution in [0.3, 0.4) is 0 Å². The van der Waals surface area contributed by atoms with Gasteiger partial charge in [-0.3, -0.25) is 9.59 Å². The van der Waals surface area contributed by atoms with Gasteiger partial charge in [0.2, 0.25) is 5.91 Å². The van der Waals surface area contributed by atoms with E-state index in [1.807, 2.05) is 55.5 Å². The summed E-state index contributed by atoms with van der Waals surface area (Å²) in [6.07, 6.45) is 5.28. The molecule has 1 unspecified atom stereocenters. The summed E-state index contributed by atoms with van der Waals surface area (Å²) in [5.74, 6) is 0.359. The molecule has 0 heterocycles. The molecular weight excluding hydrogens is 388 g/mol. The van der Waals surface area contributed by atoms with Crippen LogP contribution >= 0.6 is 0 Å². The van der Waals surface area contributed by atoms with Crippen molar-refractivity contribution in [3.8, 4) is 5.75 Å². The number of hydrogen-bond donors (Lipinski definition) is 1. The summed E-state index contributed by atoms with van der Waals surface area (Å²) in [6, 6.07) is 15.5. The van der Waals surface area contributed by atoms with Crippen molar-refractivity contribution in [3.63, 3.8) is 0 Å². The number of amides is 2. The van der Waals surface area contributed by atoms with Crippen molar-refractivity contribution in [1.29, 1.82) is 0 Å². The zero-order valence-electron chi connectivity index (χ0n) is 18.9. The number of nitrogens with one attached hydrogen (secondary N) is 1. The summed E-state index contributed by atoms with van der Waals surface area (Å²) < 4.78 is 5.75. The Kier molecular flexibility index (Phi) is 8.10. The minimum absolute atomic E-state index is 0.0975. The molecule has 0 aliphatic heterocycles. The van der Waals surface area contributed by atoms with Gasteiger partial charge in [0.15, 0.2) is 6.61 Å². The van der Waals surface area contributed by atoms with E-state index in [0.717, 1.165) is 43.2 Å². The van der Waals surface area contributed by atoms with E-state index in [2.05, 4.69) is 12.2 Å². The Hall–Kier alpha value is -2.82. The molecule has 3 rings (SSSR count). The second-order valence-corrected chi connectivity index (χ2v) is 8.46. The summed E-state index contributed by atoms with van der Waals surface area (Å²) in [6.45, 7) is 6.20. The van der Waals surface area contributed by atoms with Crippen LogP contribution in [-0.4, -0.2) is 35.4 Å². The normalized spacial score (nSPS) is 14.8. The molecule has 0 spiro atoms. The Morgan fingerprint density at radius 2 is 1.65 bits per heavy atom. The maximum absolute atomic E-state index is 13.1. The predicted octanol–water partition coefficient (Wildman–Crippen LogP) is 4.41. The molecule has 1 N–H and O–H groups in total. The van der Waals surface area contributed by atoms with Crippen molar-refractivity contribution in [2.45, 2.75) is 71.5 Å². The maximum atomic E-state index is 13.1. The highest BCUT2D eigenvalue weighted by molar-refractivity contribution is 5.88. The number of benzene rings is 2. The lowest BCUT2D eigenvalue weighted by Crippen LogP contribution is -2.50. The highest BCUT2D eigenvalue weighted by Gasteiger charge is 2.28. The maximum Gasteiger partial charge on any atom is 0.261 e. The van der Waals surface area contributed by atoms with E-state index in [1.54, 1.807) is 11.8 Å². The summed E-state index contributed by atoms with van der Waals surface area (Å²) in [7, 11) is 0. The van der Waals surface area contributed by atoms with Gasteiger partial charge in [0.1, 0.15) is 11.8 Å². The van der Waals surface area contributed by atoms with Crippen LogP contribution in [0.4, 0.5) is 0 Å². The minimum atomic E-state index is -0.569. The monoisotopic (exact) mass is 422 g/mol. The Balaban J connectivity index is 1.68. The van der Waals surface area contributed by atoms with Crippen LogP contribution in [0.1, 0.15) is 56.2 Å². The lowest BCUT2D eigenvalue weighted by molar-refractivity contribution is -0.142. The van der Waals surface area contributed by atoms with E-state index >= 15 is 0 Å². The molecule has 1 atom stereocenters. The third-order valence-corrected chi connectivity index (χ3v) is 6.04. The Morgan fingerprint density at radius 3 is 2.26 bits per heavy atom. The predicted molar refractivity (Wildman–Crippen MR) is 123 cm³/mol. The molecule has 2 aromatic rings. The SMILES string of the molecule is CCc1ccc(OCC(=O)N(Cc2ccc(C)cc2)C(C)C(=O)NC2CCCC2)cc1. The zero-order chi connectivity index (χ0) is 22.2. The van der Waals surface area contributed by atoms with Crippen LogP contribution in [0.2, 0.25) is 0 Å². The summed E-state index contributed by atoms with van der Waals surface area (Å²) >= 11 is 0. The molecule has 31 heavy (non-hydrogen) atoms. The van der Waals surface area contributed by atoms with Gasteiger partial charge in [-0.15, -0.1) is 0 Å². The minimum Gasteiger partial charge on any atom is -0.484 e. The lowest BCUT2D eigenvalue weighted by Gasteiger charge is -2.29. The Bertz CT molecular complexity index is 855. The van der Waals surface area contributed by atoms with Gasteiger partial charge in [0.25, 0.3) is 5.91 Å². The fourth-order valence-electron chi connectivity index (χ4n) is 3.91. The van der Waals surface area contributed by atoms with E-state index in [1.165, 1.54) is 5.56 Å². The van der Waals surface area contributed by atoms with Crippen molar-refractivity contribution in [1.82, 2.24) is 10.2 Å². The first-order valence-electron chi connectivity index (χ1n) is 11.3. The van der Waals surface area contributed by atoms with E-state index in [0.29, 0.717) is 12.3 Å². The third-order valence-electron chi connectivity index (χ3n) is 6.04. The second kappa shape index (κ2) is 11.0. The van der Waals surface area contributed by atoms with Crippen LogP contribution < -0.4 is 10.1 Å². The molecular formula is C26H34N2O3. The number of carbonyl (C=O) groups excluding carboxylic acids is 2. The molecule has 2 amide bonds. The quantitative estimate of drug-likeness (QED) is 0.651. The molecule has 1 fully saturated rings. The molecule has 5 heteroatoms. The van der Waals surface area contributed by atoms with Crippen LogP contribution in [0.15, 0.2) is 48.5 Å². The van der Waals surface area contributed by atoms with E-state index < -0.39 is 6.04 Å². The van der Waals surface area contributed by atoms with E-state index in [-0.39, 0.29) is 24.5 Å². The van der Waals surface area contributed by atoms with Crippen LogP contribution in [0.5, 0.6) is 5.75 Å². The van der Waals surface area contributed by atoms with Crippen molar-refractivity contribution < 1.29 is 14.3 Å². The van der Waals surface area contributed by atoms with Gasteiger partial charge in [-0.2, -0.15) is 0 Å². The van der Waals surface area contributed by atoms with Gasteiger partial charge in [-0.05, 0) is 56.4 Å². The van der Waals surface area contributed by atoms with E-state index in [9.17, 15) is 9.59 Å². The van der Waals surface area contributed by atoms with Crippen LogP contribution in [-0.2, 0) is 22.6 Å². The molecule has 0 saturated heterocycles. The Labute approximate surface area is 185 Å². The van der Waals surface area contributed by atoms with Gasteiger partial charge in [-0.25, -0.2) is 0 Å². The lowest BCUT2D eigenvalue weighted by atomic mass is 10.1. The smallest absolute Gasteiger partial charge is 0.261 e. The summed E-state index contributed by atoms with van der Waals surface area (Å²) in [5, 5.41) is 3.12. The first kappa shape index (κ1) is 22.9. The molecule has 0 radical (unpaired) electrons. The van der Waals surface area contributed by atoms with Gasteiger partial charge in [0, 0.05) is 12.6 Å². The molecule has 1 aliphatic carbocycles. The zero-order valence-corrected chi connectivity index (χ0v) is 18.9. The average molecular weight is 423 g/mol.